The fraction of sp³-hybridized carbons (Fsp3) is 0.778. The fourth-order valence-corrected chi connectivity index (χ4v) is 0.696. The molecule has 0 rings (SSSR count). The Bertz CT molecular complexity index is 281. The minimum absolute atomic E-state index is 0.0555. The predicted octanol–water partition coefficient (Wildman–Crippen LogP) is 1.23. The highest BCUT2D eigenvalue weighted by Crippen LogP contribution is 2.14. The second-order valence-corrected chi connectivity index (χ2v) is 3.66. The number of alkyl halides is 3. The van der Waals surface area contributed by atoms with Gasteiger partial charge in [0.05, 0.1) is 12.7 Å². The number of nitriles is 1. The van der Waals surface area contributed by atoms with Crippen molar-refractivity contribution in [2.24, 2.45) is 5.41 Å². The van der Waals surface area contributed by atoms with Gasteiger partial charge in [-0.3, -0.25) is 4.79 Å². The predicted molar refractivity (Wildman–Crippen MR) is 49.3 cm³/mol. The third-order valence-electron chi connectivity index (χ3n) is 1.64. The van der Waals surface area contributed by atoms with Gasteiger partial charge in [-0.2, -0.15) is 18.4 Å². The molecule has 16 heavy (non-hydrogen) atoms. The molecule has 0 unspecified atom stereocenters. The van der Waals surface area contributed by atoms with Crippen LogP contribution in [0.15, 0.2) is 0 Å². The number of ether oxygens (including phenoxy) is 1. The monoisotopic (exact) mass is 238 g/mol. The van der Waals surface area contributed by atoms with Crippen LogP contribution in [0.4, 0.5) is 13.2 Å². The van der Waals surface area contributed by atoms with Crippen molar-refractivity contribution < 1.29 is 22.7 Å². The Morgan fingerprint density at radius 1 is 1.44 bits per heavy atom. The molecule has 0 heterocycles. The van der Waals surface area contributed by atoms with Crippen LogP contribution in [0.3, 0.4) is 0 Å². The molecule has 0 aromatic rings. The summed E-state index contributed by atoms with van der Waals surface area (Å²) in [6, 6.07) is 1.77. The van der Waals surface area contributed by atoms with E-state index < -0.39 is 24.1 Å². The Morgan fingerprint density at radius 2 is 2.00 bits per heavy atom. The molecular weight excluding hydrogens is 225 g/mol. The van der Waals surface area contributed by atoms with Crippen LogP contribution >= 0.6 is 0 Å². The summed E-state index contributed by atoms with van der Waals surface area (Å²) in [5, 5.41) is 10.9. The van der Waals surface area contributed by atoms with Gasteiger partial charge in [0.1, 0.15) is 12.0 Å². The van der Waals surface area contributed by atoms with Gasteiger partial charge < -0.3 is 10.1 Å². The molecule has 0 aromatic heterocycles. The number of hydrogen-bond donors (Lipinski definition) is 1. The normalized spacial score (nSPS) is 12.0. The van der Waals surface area contributed by atoms with Gasteiger partial charge in [0, 0.05) is 6.54 Å². The highest BCUT2D eigenvalue weighted by atomic mass is 19.4. The summed E-state index contributed by atoms with van der Waals surface area (Å²) in [5.41, 5.74) is -1.19. The molecule has 0 saturated carbocycles. The van der Waals surface area contributed by atoms with Gasteiger partial charge in [-0.15, -0.1) is 0 Å². The molecule has 4 nitrogen and oxygen atoms in total. The molecule has 0 aromatic carbocycles. The lowest BCUT2D eigenvalue weighted by atomic mass is 9.95. The van der Waals surface area contributed by atoms with E-state index in [1.807, 2.05) is 0 Å². The molecule has 0 saturated heterocycles. The van der Waals surface area contributed by atoms with Crippen molar-refractivity contribution in [2.75, 3.05) is 19.8 Å². The molecule has 0 atom stereocenters. The van der Waals surface area contributed by atoms with Gasteiger partial charge in [0.15, 0.2) is 0 Å². The van der Waals surface area contributed by atoms with Crippen LogP contribution in [-0.4, -0.2) is 31.8 Å². The fourth-order valence-electron chi connectivity index (χ4n) is 0.696. The molecule has 0 bridgehead atoms. The van der Waals surface area contributed by atoms with Crippen molar-refractivity contribution in [3.63, 3.8) is 0 Å². The summed E-state index contributed by atoms with van der Waals surface area (Å²) in [6.07, 6.45) is -4.37. The zero-order valence-corrected chi connectivity index (χ0v) is 9.02. The largest absolute Gasteiger partial charge is 0.411 e. The second-order valence-electron chi connectivity index (χ2n) is 3.66. The van der Waals surface area contributed by atoms with E-state index in [1.54, 1.807) is 6.07 Å². The van der Waals surface area contributed by atoms with Crippen LogP contribution in [-0.2, 0) is 9.53 Å². The number of halogens is 3. The van der Waals surface area contributed by atoms with Crippen molar-refractivity contribution in [3.05, 3.63) is 0 Å². The molecule has 0 spiro atoms. The Balaban J connectivity index is 3.70. The standard InChI is InChI=1S/C9H13F3N2O2/c1-8(2,5-13)7(15)14-3-4-16-6-9(10,11)12/h3-4,6H2,1-2H3,(H,14,15). The zero-order chi connectivity index (χ0) is 12.8. The molecule has 1 amide bonds. The van der Waals surface area contributed by atoms with E-state index >= 15 is 0 Å². The topological polar surface area (TPSA) is 62.1 Å². The first kappa shape index (κ1) is 14.7. The second kappa shape index (κ2) is 5.70. The van der Waals surface area contributed by atoms with Crippen LogP contribution < -0.4 is 5.32 Å². The lowest BCUT2D eigenvalue weighted by molar-refractivity contribution is -0.173. The van der Waals surface area contributed by atoms with Gasteiger partial charge >= 0.3 is 6.18 Å². The first-order valence-electron chi connectivity index (χ1n) is 4.53. The Morgan fingerprint density at radius 3 is 2.44 bits per heavy atom. The van der Waals surface area contributed by atoms with Crippen molar-refractivity contribution in [1.29, 1.82) is 5.26 Å². The van der Waals surface area contributed by atoms with Gasteiger partial charge in [-0.25, -0.2) is 0 Å². The number of amides is 1. The summed E-state index contributed by atoms with van der Waals surface area (Å²) in [7, 11) is 0. The van der Waals surface area contributed by atoms with Crippen molar-refractivity contribution in [3.8, 4) is 6.07 Å². The molecule has 7 heteroatoms. The minimum Gasteiger partial charge on any atom is -0.370 e. The lowest BCUT2D eigenvalue weighted by Crippen LogP contribution is -2.38. The highest BCUT2D eigenvalue weighted by Gasteiger charge is 2.28. The third kappa shape index (κ3) is 6.24. The number of carbonyl (C=O) groups excluding carboxylic acids is 1. The van der Waals surface area contributed by atoms with E-state index in [1.165, 1.54) is 13.8 Å². The smallest absolute Gasteiger partial charge is 0.370 e. The minimum atomic E-state index is -4.37. The summed E-state index contributed by atoms with van der Waals surface area (Å²) in [6.45, 7) is 1.19. The number of nitrogens with zero attached hydrogens (tertiary/aromatic N) is 1. The lowest BCUT2D eigenvalue weighted by Gasteiger charge is -2.15. The Hall–Kier alpha value is -1.29. The molecule has 0 aliphatic rings. The molecule has 0 aliphatic heterocycles. The zero-order valence-electron chi connectivity index (χ0n) is 9.02. The quantitative estimate of drug-likeness (QED) is 0.733. The molecule has 0 aliphatic carbocycles. The van der Waals surface area contributed by atoms with E-state index in [9.17, 15) is 18.0 Å². The van der Waals surface area contributed by atoms with E-state index in [4.69, 9.17) is 5.26 Å². The van der Waals surface area contributed by atoms with Crippen molar-refractivity contribution in [1.82, 2.24) is 5.32 Å². The van der Waals surface area contributed by atoms with E-state index in [-0.39, 0.29) is 13.2 Å². The van der Waals surface area contributed by atoms with E-state index in [0.717, 1.165) is 0 Å². The van der Waals surface area contributed by atoms with Crippen LogP contribution in [0.25, 0.3) is 0 Å². The van der Waals surface area contributed by atoms with E-state index in [0.29, 0.717) is 0 Å². The van der Waals surface area contributed by atoms with Crippen LogP contribution in [0.2, 0.25) is 0 Å². The number of hydrogen-bond acceptors (Lipinski definition) is 3. The van der Waals surface area contributed by atoms with Gasteiger partial charge in [-0.1, -0.05) is 0 Å². The molecule has 0 radical (unpaired) electrons. The summed E-state index contributed by atoms with van der Waals surface area (Å²) in [5.74, 6) is -0.536. The van der Waals surface area contributed by atoms with Gasteiger partial charge in [0.2, 0.25) is 5.91 Å². The SMILES string of the molecule is CC(C)(C#N)C(=O)NCCOCC(F)(F)F. The highest BCUT2D eigenvalue weighted by molar-refractivity contribution is 5.84. The maximum absolute atomic E-state index is 11.6. The maximum atomic E-state index is 11.6. The maximum Gasteiger partial charge on any atom is 0.411 e. The average Bonchev–Trinajstić information content (AvgIpc) is 2.15. The van der Waals surface area contributed by atoms with Crippen molar-refractivity contribution >= 4 is 5.91 Å². The Labute approximate surface area is 91.4 Å². The number of carbonyl (C=O) groups is 1. The summed E-state index contributed by atoms with van der Waals surface area (Å²) in [4.78, 5) is 11.2. The number of rotatable bonds is 5. The average molecular weight is 238 g/mol. The molecule has 92 valence electrons. The summed E-state index contributed by atoms with van der Waals surface area (Å²) < 4.78 is 39.2. The van der Waals surface area contributed by atoms with Crippen LogP contribution in [0.1, 0.15) is 13.8 Å². The van der Waals surface area contributed by atoms with Gasteiger partial charge in [0.25, 0.3) is 0 Å². The molecule has 1 N–H and O–H groups in total. The summed E-state index contributed by atoms with van der Waals surface area (Å²) >= 11 is 0. The first-order valence-corrected chi connectivity index (χ1v) is 4.53. The first-order chi connectivity index (χ1) is 7.19. The van der Waals surface area contributed by atoms with Crippen LogP contribution in [0.5, 0.6) is 0 Å². The van der Waals surface area contributed by atoms with Crippen LogP contribution in [0, 0.1) is 16.7 Å². The number of nitrogens with one attached hydrogen (secondary N) is 1. The Kier molecular flexibility index (Phi) is 5.24. The van der Waals surface area contributed by atoms with Crippen molar-refractivity contribution in [2.45, 2.75) is 20.0 Å². The van der Waals surface area contributed by atoms with Gasteiger partial charge in [-0.05, 0) is 13.8 Å². The molecular formula is C9H13F3N2O2. The third-order valence-corrected chi connectivity index (χ3v) is 1.64. The molecule has 0 fully saturated rings. The van der Waals surface area contributed by atoms with E-state index in [2.05, 4.69) is 10.1 Å².